The van der Waals surface area contributed by atoms with E-state index >= 15 is 0 Å². The average molecular weight is 343 g/mol. The Morgan fingerprint density at radius 3 is 2.60 bits per heavy atom. The molecule has 0 fully saturated rings. The van der Waals surface area contributed by atoms with Crippen molar-refractivity contribution in [1.82, 2.24) is 0 Å². The van der Waals surface area contributed by atoms with Crippen LogP contribution in [0.3, 0.4) is 0 Å². The van der Waals surface area contributed by atoms with Gasteiger partial charge < -0.3 is 19.9 Å². The van der Waals surface area contributed by atoms with E-state index in [0.717, 1.165) is 12.0 Å². The summed E-state index contributed by atoms with van der Waals surface area (Å²) in [6.07, 6.45) is 0.758. The molecule has 0 aliphatic rings. The molecule has 0 aliphatic carbocycles. The summed E-state index contributed by atoms with van der Waals surface area (Å²) in [5.41, 5.74) is 1.81. The van der Waals surface area contributed by atoms with Crippen LogP contribution in [0, 0.1) is 6.92 Å². The number of carboxylic acids is 1. The molecule has 2 rings (SSSR count). The number of carbonyl (C=O) groups is 2. The van der Waals surface area contributed by atoms with Crippen LogP contribution in [0.4, 0.5) is 5.69 Å². The number of methoxy groups -OCH3 is 1. The Balaban J connectivity index is 2.08. The van der Waals surface area contributed by atoms with E-state index < -0.39 is 5.97 Å². The molecule has 0 aliphatic heterocycles. The van der Waals surface area contributed by atoms with Crippen LogP contribution in [0.5, 0.6) is 5.75 Å². The summed E-state index contributed by atoms with van der Waals surface area (Å²) in [5, 5.41) is 11.8. The van der Waals surface area contributed by atoms with E-state index in [1.165, 1.54) is 12.1 Å². The second-order valence-electron chi connectivity index (χ2n) is 5.51. The number of hydrogen-bond acceptors (Lipinski definition) is 4. The Morgan fingerprint density at radius 1 is 1.08 bits per heavy atom. The number of nitrogens with one attached hydrogen (secondary N) is 1. The zero-order valence-corrected chi connectivity index (χ0v) is 14.2. The molecule has 0 saturated heterocycles. The second kappa shape index (κ2) is 8.84. The van der Waals surface area contributed by atoms with E-state index in [4.69, 9.17) is 14.6 Å². The van der Waals surface area contributed by atoms with Gasteiger partial charge in [-0.25, -0.2) is 4.79 Å². The molecule has 0 aromatic heterocycles. The third-order valence-corrected chi connectivity index (χ3v) is 3.59. The summed E-state index contributed by atoms with van der Waals surface area (Å²) in [7, 11) is 1.63. The molecule has 0 radical (unpaired) electrons. The number of aromatic carboxylic acids is 1. The highest BCUT2D eigenvalue weighted by Crippen LogP contribution is 2.19. The third kappa shape index (κ3) is 5.32. The van der Waals surface area contributed by atoms with Gasteiger partial charge in [-0.3, -0.25) is 4.79 Å². The normalized spacial score (nSPS) is 10.3. The highest BCUT2D eigenvalue weighted by Gasteiger charge is 2.11. The van der Waals surface area contributed by atoms with Crippen LogP contribution in [-0.2, 0) is 4.74 Å². The van der Waals surface area contributed by atoms with Crippen LogP contribution in [0.25, 0.3) is 0 Å². The maximum Gasteiger partial charge on any atom is 0.335 e. The Kier molecular flexibility index (Phi) is 6.54. The zero-order chi connectivity index (χ0) is 18.2. The molecule has 0 unspecified atom stereocenters. The molecule has 2 aromatic rings. The predicted octanol–water partition coefficient (Wildman–Crippen LogP) is 3.36. The maximum atomic E-state index is 12.4. The molecule has 25 heavy (non-hydrogen) atoms. The number of carbonyl (C=O) groups excluding carboxylic acids is 1. The first-order chi connectivity index (χ1) is 12.0. The molecule has 2 aromatic carbocycles. The summed E-state index contributed by atoms with van der Waals surface area (Å²) < 4.78 is 10.5. The quantitative estimate of drug-likeness (QED) is 0.718. The van der Waals surface area contributed by atoms with Gasteiger partial charge >= 0.3 is 5.97 Å². The summed E-state index contributed by atoms with van der Waals surface area (Å²) >= 11 is 0. The molecule has 2 N–H and O–H groups in total. The summed E-state index contributed by atoms with van der Waals surface area (Å²) in [6.45, 7) is 2.91. The molecule has 6 heteroatoms. The van der Waals surface area contributed by atoms with Gasteiger partial charge in [0.05, 0.1) is 12.2 Å². The summed E-state index contributed by atoms with van der Waals surface area (Å²) in [4.78, 5) is 23.5. The average Bonchev–Trinajstić information content (AvgIpc) is 2.60. The van der Waals surface area contributed by atoms with Gasteiger partial charge in [0.15, 0.2) is 0 Å². The Labute approximate surface area is 146 Å². The molecular weight excluding hydrogens is 322 g/mol. The first kappa shape index (κ1) is 18.5. The highest BCUT2D eigenvalue weighted by atomic mass is 16.5. The van der Waals surface area contributed by atoms with Gasteiger partial charge in [0, 0.05) is 31.4 Å². The monoisotopic (exact) mass is 343 g/mol. The number of rotatable bonds is 8. The smallest absolute Gasteiger partial charge is 0.335 e. The molecule has 0 saturated carbocycles. The fraction of sp³-hybridized carbons (Fsp3) is 0.263. The van der Waals surface area contributed by atoms with Crippen molar-refractivity contribution in [2.24, 2.45) is 0 Å². The Morgan fingerprint density at radius 2 is 1.88 bits per heavy atom. The molecule has 0 bridgehead atoms. The minimum atomic E-state index is -1.04. The van der Waals surface area contributed by atoms with Crippen LogP contribution >= 0.6 is 0 Å². The molecule has 0 heterocycles. The Hall–Kier alpha value is -2.86. The predicted molar refractivity (Wildman–Crippen MR) is 94.5 cm³/mol. The van der Waals surface area contributed by atoms with Gasteiger partial charge in [-0.1, -0.05) is 12.1 Å². The molecule has 132 valence electrons. The van der Waals surface area contributed by atoms with Gasteiger partial charge in [0.25, 0.3) is 5.91 Å². The molecule has 6 nitrogen and oxygen atoms in total. The van der Waals surface area contributed by atoms with Gasteiger partial charge in [-0.2, -0.15) is 0 Å². The van der Waals surface area contributed by atoms with Crippen molar-refractivity contribution in [1.29, 1.82) is 0 Å². The highest BCUT2D eigenvalue weighted by molar-refractivity contribution is 6.05. The largest absolute Gasteiger partial charge is 0.493 e. The van der Waals surface area contributed by atoms with Crippen LogP contribution in [0.2, 0.25) is 0 Å². The Bertz CT molecular complexity index is 757. The van der Waals surface area contributed by atoms with E-state index in [1.54, 1.807) is 44.4 Å². The van der Waals surface area contributed by atoms with Crippen molar-refractivity contribution in [3.05, 3.63) is 59.2 Å². The van der Waals surface area contributed by atoms with Crippen LogP contribution < -0.4 is 10.1 Å². The lowest BCUT2D eigenvalue weighted by Crippen LogP contribution is -2.13. The molecule has 1 amide bonds. The first-order valence-corrected chi connectivity index (χ1v) is 7.88. The van der Waals surface area contributed by atoms with E-state index in [1.807, 2.05) is 0 Å². The number of aryl methyl sites for hydroxylation is 1. The first-order valence-electron chi connectivity index (χ1n) is 7.88. The van der Waals surface area contributed by atoms with Crippen LogP contribution in [0.15, 0.2) is 42.5 Å². The van der Waals surface area contributed by atoms with Gasteiger partial charge in [0.1, 0.15) is 5.75 Å². The van der Waals surface area contributed by atoms with Crippen LogP contribution in [0.1, 0.15) is 32.7 Å². The van der Waals surface area contributed by atoms with Crippen LogP contribution in [-0.4, -0.2) is 37.3 Å². The number of amides is 1. The van der Waals surface area contributed by atoms with Gasteiger partial charge in [-0.15, -0.1) is 0 Å². The lowest BCUT2D eigenvalue weighted by atomic mass is 10.1. The van der Waals surface area contributed by atoms with E-state index in [9.17, 15) is 9.59 Å². The van der Waals surface area contributed by atoms with Crippen molar-refractivity contribution in [2.75, 3.05) is 25.6 Å². The van der Waals surface area contributed by atoms with E-state index in [-0.39, 0.29) is 11.5 Å². The number of anilines is 1. The molecule has 0 spiro atoms. The maximum absolute atomic E-state index is 12.4. The lowest BCUT2D eigenvalue weighted by molar-refractivity contribution is 0.0696. The number of hydrogen-bond donors (Lipinski definition) is 2. The lowest BCUT2D eigenvalue weighted by Gasteiger charge is -2.11. The fourth-order valence-corrected chi connectivity index (χ4v) is 2.20. The topological polar surface area (TPSA) is 84.9 Å². The van der Waals surface area contributed by atoms with Crippen molar-refractivity contribution < 1.29 is 24.2 Å². The van der Waals surface area contributed by atoms with Gasteiger partial charge in [-0.05, 0) is 42.8 Å². The third-order valence-electron chi connectivity index (χ3n) is 3.59. The standard InChI is InChI=1S/C19H21NO5/c1-13-7-8-15(19(22)23)12-17(13)20-18(21)14-5-3-6-16(11-14)25-10-4-9-24-2/h3,5-8,11-12H,4,9-10H2,1-2H3,(H,20,21)(H,22,23). The van der Waals surface area contributed by atoms with Crippen molar-refractivity contribution in [2.45, 2.75) is 13.3 Å². The number of ether oxygens (including phenoxy) is 2. The summed E-state index contributed by atoms with van der Waals surface area (Å²) in [6, 6.07) is 11.4. The summed E-state index contributed by atoms with van der Waals surface area (Å²) in [5.74, 6) is -0.769. The second-order valence-corrected chi connectivity index (χ2v) is 5.51. The molecular formula is C19H21NO5. The van der Waals surface area contributed by atoms with Crippen molar-refractivity contribution in [3.63, 3.8) is 0 Å². The van der Waals surface area contributed by atoms with E-state index in [0.29, 0.717) is 30.2 Å². The SMILES string of the molecule is COCCCOc1cccc(C(=O)Nc2cc(C(=O)O)ccc2C)c1. The number of benzene rings is 2. The minimum Gasteiger partial charge on any atom is -0.493 e. The van der Waals surface area contributed by atoms with Crippen molar-refractivity contribution >= 4 is 17.6 Å². The zero-order valence-electron chi connectivity index (χ0n) is 14.2. The van der Waals surface area contributed by atoms with E-state index in [2.05, 4.69) is 5.32 Å². The van der Waals surface area contributed by atoms with Gasteiger partial charge in [0.2, 0.25) is 0 Å². The number of carboxylic acid groups (broad SMARTS) is 1. The molecule has 0 atom stereocenters. The fourth-order valence-electron chi connectivity index (χ4n) is 2.20. The van der Waals surface area contributed by atoms with Crippen molar-refractivity contribution in [3.8, 4) is 5.75 Å². The minimum absolute atomic E-state index is 0.121.